The van der Waals surface area contributed by atoms with Gasteiger partial charge >= 0.3 is 5.97 Å². The lowest BCUT2D eigenvalue weighted by Crippen LogP contribution is -2.60. The first-order valence-electron chi connectivity index (χ1n) is 21.4. The Balaban J connectivity index is 1.19. The summed E-state index contributed by atoms with van der Waals surface area (Å²) in [4.78, 5) is 54.2. The molecule has 1 aliphatic carbocycles. The van der Waals surface area contributed by atoms with Crippen LogP contribution in [-0.2, 0) is 54.4 Å². The Morgan fingerprint density at radius 3 is 2.64 bits per heavy atom. The zero-order chi connectivity index (χ0) is 41.2. The molecule has 5 aliphatic rings. The van der Waals surface area contributed by atoms with Gasteiger partial charge in [0.15, 0.2) is 0 Å². The van der Waals surface area contributed by atoms with Gasteiger partial charge in [0, 0.05) is 72.9 Å². The number of benzene rings is 1. The number of amides is 2. The summed E-state index contributed by atoms with van der Waals surface area (Å²) in [7, 11) is 1.73. The number of esters is 1. The van der Waals surface area contributed by atoms with Crippen molar-refractivity contribution in [2.75, 3.05) is 51.5 Å². The first-order valence-corrected chi connectivity index (χ1v) is 22.3. The number of anilines is 1. The number of nitrogens with zero attached hydrogens (tertiary/aromatic N) is 5. The topological polar surface area (TPSA) is 140 Å². The lowest BCUT2D eigenvalue weighted by molar-refractivity contribution is -0.155. The standard InChI is InChI=1S/C45H57N7O6S/c1-25-26(2)38(25)42(53)48-35-20-37-47-36(23-59-37)29-17-28-9-7-11-51-40(28)31(18-29)33(21-45(4,5)24-58-44(55)34-10-8-12-52(49-34)43(35)54)41(51)32-19-30(50-13-15-57-16-14-50)22-46-39(32)27(3)56-6/h17-19,22-23,25-27,34-35,38,49H,7-16,20-21,24H2,1-6H3,(H,48,53)/t25-,26+,27-,34-,35-,38?/m0/s1. The summed E-state index contributed by atoms with van der Waals surface area (Å²) in [5.41, 5.74) is 12.4. The summed E-state index contributed by atoms with van der Waals surface area (Å²) in [6.07, 6.45) is 5.69. The molecule has 2 amide bonds. The van der Waals surface area contributed by atoms with Gasteiger partial charge in [-0.05, 0) is 80.2 Å². The van der Waals surface area contributed by atoms with E-state index in [1.165, 1.54) is 33.0 Å². The van der Waals surface area contributed by atoms with Crippen molar-refractivity contribution < 1.29 is 28.6 Å². The van der Waals surface area contributed by atoms with Crippen LogP contribution in [0.25, 0.3) is 33.4 Å². The van der Waals surface area contributed by atoms with Gasteiger partial charge in [-0.1, -0.05) is 27.7 Å². The number of rotatable bonds is 6. The monoisotopic (exact) mass is 823 g/mol. The Bertz CT molecular complexity index is 2270. The molecule has 314 valence electrons. The predicted octanol–water partition coefficient (Wildman–Crippen LogP) is 5.87. The summed E-state index contributed by atoms with van der Waals surface area (Å²) < 4.78 is 20.3. The molecule has 2 N–H and O–H groups in total. The van der Waals surface area contributed by atoms with Gasteiger partial charge in [-0.3, -0.25) is 24.4 Å². The van der Waals surface area contributed by atoms with Crippen molar-refractivity contribution in [3.05, 3.63) is 51.6 Å². The van der Waals surface area contributed by atoms with Crippen molar-refractivity contribution in [2.24, 2.45) is 23.2 Å². The smallest absolute Gasteiger partial charge is 0.324 e. The van der Waals surface area contributed by atoms with E-state index in [-0.39, 0.29) is 54.7 Å². The number of methoxy groups -OCH3 is 1. The Morgan fingerprint density at radius 2 is 1.88 bits per heavy atom. The lowest BCUT2D eigenvalue weighted by atomic mass is 9.84. The van der Waals surface area contributed by atoms with E-state index in [1.54, 1.807) is 7.11 Å². The minimum atomic E-state index is -0.834. The first-order chi connectivity index (χ1) is 28.4. The number of ether oxygens (including phenoxy) is 3. The number of carbonyl (C=O) groups is 3. The third-order valence-electron chi connectivity index (χ3n) is 13.4. The van der Waals surface area contributed by atoms with Gasteiger partial charge in [0.25, 0.3) is 5.91 Å². The second kappa shape index (κ2) is 15.9. The highest BCUT2D eigenvalue weighted by molar-refractivity contribution is 7.10. The number of thiazole rings is 1. The van der Waals surface area contributed by atoms with Gasteiger partial charge in [0.05, 0.1) is 65.4 Å². The highest BCUT2D eigenvalue weighted by Crippen LogP contribution is 2.47. The molecule has 1 unspecified atom stereocenters. The summed E-state index contributed by atoms with van der Waals surface area (Å²) in [5, 5.41) is 8.61. The number of aryl methyl sites for hydroxylation is 2. The average Bonchev–Trinajstić information content (AvgIpc) is 3.50. The molecule has 13 nitrogen and oxygen atoms in total. The minimum Gasteiger partial charge on any atom is -0.464 e. The van der Waals surface area contributed by atoms with E-state index in [4.69, 9.17) is 24.2 Å². The number of morpholine rings is 1. The molecule has 59 heavy (non-hydrogen) atoms. The van der Waals surface area contributed by atoms with E-state index < -0.39 is 17.5 Å². The van der Waals surface area contributed by atoms with Crippen molar-refractivity contribution in [3.63, 3.8) is 0 Å². The van der Waals surface area contributed by atoms with E-state index in [2.05, 4.69) is 78.4 Å². The fourth-order valence-corrected chi connectivity index (χ4v) is 10.6. The molecule has 7 heterocycles. The van der Waals surface area contributed by atoms with Crippen LogP contribution in [0.2, 0.25) is 0 Å². The van der Waals surface area contributed by atoms with Gasteiger partial charge in [-0.15, -0.1) is 11.3 Å². The Morgan fingerprint density at radius 1 is 1.08 bits per heavy atom. The summed E-state index contributed by atoms with van der Waals surface area (Å²) >= 11 is 1.51. The second-order valence-corrected chi connectivity index (χ2v) is 19.1. The largest absolute Gasteiger partial charge is 0.464 e. The molecule has 9 rings (SSSR count). The second-order valence-electron chi connectivity index (χ2n) is 18.1. The number of fused-ring (bicyclic) bond motifs is 6. The van der Waals surface area contributed by atoms with Gasteiger partial charge in [-0.25, -0.2) is 10.4 Å². The van der Waals surface area contributed by atoms with Crippen molar-refractivity contribution in [2.45, 2.75) is 97.9 Å². The van der Waals surface area contributed by atoms with Crippen LogP contribution in [0.15, 0.2) is 29.8 Å². The molecule has 6 bridgehead atoms. The van der Waals surface area contributed by atoms with Crippen LogP contribution in [0, 0.1) is 23.2 Å². The summed E-state index contributed by atoms with van der Waals surface area (Å²) in [6.45, 7) is 14.9. The van der Waals surface area contributed by atoms with Crippen LogP contribution in [0.3, 0.4) is 0 Å². The van der Waals surface area contributed by atoms with E-state index in [0.717, 1.165) is 76.8 Å². The Hall–Kier alpha value is -4.37. The quantitative estimate of drug-likeness (QED) is 0.227. The number of hydrogen-bond donors (Lipinski definition) is 2. The highest BCUT2D eigenvalue weighted by atomic mass is 32.1. The van der Waals surface area contributed by atoms with Crippen LogP contribution in [0.4, 0.5) is 5.69 Å². The van der Waals surface area contributed by atoms with Crippen molar-refractivity contribution in [3.8, 4) is 22.5 Å². The number of hydrogen-bond acceptors (Lipinski definition) is 11. The number of nitrogens with one attached hydrogen (secondary N) is 2. The molecule has 14 heteroatoms. The molecule has 1 saturated carbocycles. The molecular weight excluding hydrogens is 767 g/mol. The van der Waals surface area contributed by atoms with E-state index in [1.807, 2.05) is 6.20 Å². The third-order valence-corrected chi connectivity index (χ3v) is 14.3. The molecule has 1 aromatic carbocycles. The van der Waals surface area contributed by atoms with E-state index in [0.29, 0.717) is 39.0 Å². The molecule has 0 spiro atoms. The van der Waals surface area contributed by atoms with Crippen LogP contribution < -0.4 is 15.6 Å². The van der Waals surface area contributed by atoms with Crippen LogP contribution in [0.1, 0.15) is 81.8 Å². The van der Waals surface area contributed by atoms with Crippen LogP contribution in [0.5, 0.6) is 0 Å². The van der Waals surface area contributed by atoms with Gasteiger partial charge < -0.3 is 29.0 Å². The van der Waals surface area contributed by atoms with Gasteiger partial charge in [-0.2, -0.15) is 0 Å². The summed E-state index contributed by atoms with van der Waals surface area (Å²) in [5.74, 6) is -0.347. The average molecular weight is 824 g/mol. The molecule has 4 aromatic rings. The van der Waals surface area contributed by atoms with Crippen LogP contribution in [-0.4, -0.2) is 96.0 Å². The number of aromatic nitrogens is 3. The van der Waals surface area contributed by atoms with Gasteiger partial charge in [0.1, 0.15) is 12.1 Å². The van der Waals surface area contributed by atoms with E-state index >= 15 is 0 Å². The van der Waals surface area contributed by atoms with Crippen molar-refractivity contribution in [1.82, 2.24) is 30.3 Å². The zero-order valence-electron chi connectivity index (χ0n) is 35.1. The number of hydrazine groups is 1. The SMILES string of the molecule is CO[C@@H](C)c1ncc(N2CCOCC2)cc1-c1c2c3cc(cc4c3n1CCC4)-c1csc(n1)C[C@H](NC(=O)C1[C@@H](C)[C@H]1C)C(=O)N1CCC[C@H](N1)C(=O)OCC(C)(C)C2. The first kappa shape index (κ1) is 40.1. The van der Waals surface area contributed by atoms with Crippen LogP contribution >= 0.6 is 11.3 Å². The Kier molecular flexibility index (Phi) is 10.8. The fourth-order valence-electron chi connectivity index (χ4n) is 9.73. The maximum atomic E-state index is 14.2. The fraction of sp³-hybridized carbons (Fsp3) is 0.578. The van der Waals surface area contributed by atoms with Crippen molar-refractivity contribution in [1.29, 1.82) is 0 Å². The molecule has 3 fully saturated rings. The maximum Gasteiger partial charge on any atom is 0.324 e. The maximum absolute atomic E-state index is 14.2. The predicted molar refractivity (Wildman–Crippen MR) is 227 cm³/mol. The Labute approximate surface area is 350 Å². The third kappa shape index (κ3) is 7.66. The minimum absolute atomic E-state index is 0.108. The molecule has 3 aromatic heterocycles. The lowest BCUT2D eigenvalue weighted by Gasteiger charge is -2.35. The summed E-state index contributed by atoms with van der Waals surface area (Å²) in [6, 6.07) is 5.34. The molecule has 4 aliphatic heterocycles. The van der Waals surface area contributed by atoms with Crippen molar-refractivity contribution >= 4 is 45.7 Å². The zero-order valence-corrected chi connectivity index (χ0v) is 36.0. The molecular formula is C45H57N7O6S. The normalized spacial score (nSPS) is 26.3. The number of carbonyl (C=O) groups excluding carboxylic acids is 3. The molecule has 2 saturated heterocycles. The highest BCUT2D eigenvalue weighted by Gasteiger charge is 2.49. The number of cyclic esters (lactones) is 1. The number of pyridine rings is 1. The van der Waals surface area contributed by atoms with Gasteiger partial charge in [0.2, 0.25) is 5.91 Å². The van der Waals surface area contributed by atoms with E-state index in [9.17, 15) is 14.4 Å². The molecule has 6 atom stereocenters. The molecule has 0 radical (unpaired) electrons.